The number of nitrogens with one attached hydrogen (secondary N) is 1. The quantitative estimate of drug-likeness (QED) is 0.285. The summed E-state index contributed by atoms with van der Waals surface area (Å²) in [5, 5.41) is 2.53. The standard InChI is InChI=1S/C33H52N4O5S/c1-32(2)23-15-19(16-29(38)35-12-11-34)5-7-25(23)36-13-9-27-21(30(32)36)18-22-28(42-27)10-14-37-26-8-6-20(43(39,40)41)17-24(26)33(3,4)31(22)37/h18-20,23-28H,5-17,34H2,1-4H3,(H3-,35,38,39,40,41)/p+1. The van der Waals surface area contributed by atoms with Gasteiger partial charge in [0.05, 0.1) is 33.7 Å². The first-order valence-corrected chi connectivity index (χ1v) is 18.4. The van der Waals surface area contributed by atoms with Gasteiger partial charge in [-0.1, -0.05) is 13.8 Å². The number of carbonyl (C=O) groups excluding carboxylic acids is 1. The van der Waals surface area contributed by atoms with Gasteiger partial charge in [-0.3, -0.25) is 4.79 Å². The van der Waals surface area contributed by atoms with E-state index < -0.39 is 16.1 Å². The molecule has 5 aliphatic heterocycles. The van der Waals surface area contributed by atoms with E-state index in [0.29, 0.717) is 56.3 Å². The molecule has 9 nitrogen and oxygen atoms in total. The molecule has 5 heterocycles. The first kappa shape index (κ1) is 30.2. The SMILES string of the molecule is CC1(C)C2=C3C=C4C5=[N+](CCC4OC3CCN2C2CCC(CC(=O)NCCN)CC21)C1CCC(S(O)(O)O)CC1C5(C)C. The van der Waals surface area contributed by atoms with Gasteiger partial charge < -0.3 is 34.3 Å². The topological polar surface area (TPSA) is 131 Å². The molecular weight excluding hydrogens is 564 g/mol. The lowest BCUT2D eigenvalue weighted by Crippen LogP contribution is -2.47. The number of amides is 1. The third-order valence-corrected chi connectivity index (χ3v) is 14.0. The Morgan fingerprint density at radius 1 is 1.05 bits per heavy atom. The van der Waals surface area contributed by atoms with Crippen LogP contribution in [0.15, 0.2) is 22.9 Å². The molecule has 0 aromatic carbocycles. The van der Waals surface area contributed by atoms with Gasteiger partial charge in [-0.15, -0.1) is 0 Å². The number of hydrogen-bond acceptors (Lipinski definition) is 7. The van der Waals surface area contributed by atoms with Crippen LogP contribution in [0.25, 0.3) is 0 Å². The van der Waals surface area contributed by atoms with Crippen LogP contribution in [0.2, 0.25) is 0 Å². The molecule has 0 aromatic heterocycles. The Kier molecular flexibility index (Phi) is 7.42. The van der Waals surface area contributed by atoms with Crippen molar-refractivity contribution in [1.82, 2.24) is 10.2 Å². The molecule has 7 rings (SSSR count). The first-order chi connectivity index (χ1) is 20.3. The first-order valence-electron chi connectivity index (χ1n) is 16.8. The summed E-state index contributed by atoms with van der Waals surface area (Å²) in [5.74, 6) is 1.33. The number of rotatable bonds is 5. The predicted molar refractivity (Wildman–Crippen MR) is 169 cm³/mol. The van der Waals surface area contributed by atoms with Crippen LogP contribution in [-0.2, 0) is 9.53 Å². The molecule has 8 atom stereocenters. The smallest absolute Gasteiger partial charge is 0.220 e. The van der Waals surface area contributed by atoms with Gasteiger partial charge in [-0.05, 0) is 70.3 Å². The molecule has 8 unspecified atom stereocenters. The fourth-order valence-corrected chi connectivity index (χ4v) is 11.7. The van der Waals surface area contributed by atoms with E-state index in [1.54, 1.807) is 0 Å². The minimum absolute atomic E-state index is 0.000754. The van der Waals surface area contributed by atoms with Gasteiger partial charge in [-0.25, -0.2) is 4.58 Å². The minimum Gasteiger partial charge on any atom is -0.371 e. The van der Waals surface area contributed by atoms with Gasteiger partial charge in [0.25, 0.3) is 0 Å². The lowest BCUT2D eigenvalue weighted by molar-refractivity contribution is -0.571. The van der Waals surface area contributed by atoms with Gasteiger partial charge in [-0.2, -0.15) is 0 Å². The molecule has 3 fully saturated rings. The zero-order chi connectivity index (χ0) is 30.5. The van der Waals surface area contributed by atoms with Crippen LogP contribution >= 0.6 is 10.9 Å². The van der Waals surface area contributed by atoms with E-state index in [1.165, 1.54) is 22.6 Å². The number of allylic oxidation sites excluding steroid dienone is 1. The summed E-state index contributed by atoms with van der Waals surface area (Å²) in [6.45, 7) is 12.5. The second kappa shape index (κ2) is 10.6. The Bertz CT molecular complexity index is 1270. The van der Waals surface area contributed by atoms with Crippen LogP contribution in [0.3, 0.4) is 0 Å². The third-order valence-electron chi connectivity index (χ3n) is 12.7. The molecule has 1 amide bonds. The monoisotopic (exact) mass is 617 g/mol. The highest BCUT2D eigenvalue weighted by molar-refractivity contribution is 8.19. The Morgan fingerprint density at radius 3 is 2.58 bits per heavy atom. The average Bonchev–Trinajstić information content (AvgIpc) is 3.33. The average molecular weight is 618 g/mol. The van der Waals surface area contributed by atoms with E-state index in [0.717, 1.165) is 51.6 Å². The Morgan fingerprint density at radius 2 is 1.84 bits per heavy atom. The summed E-state index contributed by atoms with van der Waals surface area (Å²) in [5.41, 5.74) is 11.0. The molecule has 0 radical (unpaired) electrons. The summed E-state index contributed by atoms with van der Waals surface area (Å²) in [6, 6.07) is 0.891. The van der Waals surface area contributed by atoms with Crippen molar-refractivity contribution in [1.29, 1.82) is 0 Å². The van der Waals surface area contributed by atoms with Gasteiger partial charge in [0.1, 0.15) is 6.54 Å². The summed E-state index contributed by atoms with van der Waals surface area (Å²) in [4.78, 5) is 15.3. The minimum atomic E-state index is -3.54. The second-order valence-corrected chi connectivity index (χ2v) is 17.4. The van der Waals surface area contributed by atoms with E-state index in [2.05, 4.69) is 48.6 Å². The Labute approximate surface area is 258 Å². The van der Waals surface area contributed by atoms with Gasteiger partial charge >= 0.3 is 0 Å². The normalized spacial score (nSPS) is 39.6. The summed E-state index contributed by atoms with van der Waals surface area (Å²) in [6.07, 6.45) is 10.8. The van der Waals surface area contributed by atoms with Crippen molar-refractivity contribution in [3.8, 4) is 0 Å². The fraction of sp³-hybridized carbons (Fsp3) is 0.818. The van der Waals surface area contributed by atoms with E-state index in [1.807, 2.05) is 0 Å². The van der Waals surface area contributed by atoms with E-state index in [4.69, 9.17) is 10.5 Å². The molecule has 0 spiro atoms. The Balaban J connectivity index is 1.22. The highest BCUT2D eigenvalue weighted by atomic mass is 32.3. The van der Waals surface area contributed by atoms with Crippen LogP contribution in [0.1, 0.15) is 85.5 Å². The number of ether oxygens (including phenoxy) is 1. The van der Waals surface area contributed by atoms with Crippen LogP contribution in [0.5, 0.6) is 0 Å². The van der Waals surface area contributed by atoms with Crippen molar-refractivity contribution in [2.45, 2.75) is 115 Å². The van der Waals surface area contributed by atoms with Gasteiger partial charge in [0.2, 0.25) is 5.91 Å². The summed E-state index contributed by atoms with van der Waals surface area (Å²) < 4.78 is 40.0. The number of nitrogens with two attached hydrogens (primary N) is 1. The van der Waals surface area contributed by atoms with E-state index in [-0.39, 0.29) is 34.9 Å². The van der Waals surface area contributed by atoms with Crippen molar-refractivity contribution >= 4 is 22.5 Å². The van der Waals surface area contributed by atoms with Crippen molar-refractivity contribution in [2.24, 2.45) is 34.3 Å². The lowest BCUT2D eigenvalue weighted by atomic mass is 9.66. The zero-order valence-corrected chi connectivity index (χ0v) is 27.2. The van der Waals surface area contributed by atoms with Crippen molar-refractivity contribution in [2.75, 3.05) is 26.2 Å². The van der Waals surface area contributed by atoms with Crippen LogP contribution in [-0.4, -0.2) is 90.5 Å². The maximum absolute atomic E-state index is 12.5. The van der Waals surface area contributed by atoms with Gasteiger partial charge in [0.15, 0.2) is 11.8 Å². The highest BCUT2D eigenvalue weighted by Gasteiger charge is 2.62. The zero-order valence-electron chi connectivity index (χ0n) is 26.4. The molecule has 0 aromatic rings. The van der Waals surface area contributed by atoms with Crippen molar-refractivity contribution in [3.05, 3.63) is 22.9 Å². The molecule has 43 heavy (non-hydrogen) atoms. The van der Waals surface area contributed by atoms with Crippen LogP contribution < -0.4 is 11.1 Å². The fourth-order valence-electron chi connectivity index (χ4n) is 10.8. The molecular formula is C33H53N4O5S+. The number of nitrogens with zero attached hydrogens (tertiary/aromatic N) is 2. The molecule has 2 saturated carbocycles. The van der Waals surface area contributed by atoms with Gasteiger partial charge in [0, 0.05) is 73.1 Å². The third kappa shape index (κ3) is 4.76. The molecule has 240 valence electrons. The molecule has 0 bridgehead atoms. The molecule has 1 saturated heterocycles. The number of carbonyl (C=O) groups is 1. The largest absolute Gasteiger partial charge is 0.371 e. The molecule has 7 aliphatic rings. The highest BCUT2D eigenvalue weighted by Crippen LogP contribution is 2.60. The predicted octanol–water partition coefficient (Wildman–Crippen LogP) is 4.59. The van der Waals surface area contributed by atoms with Crippen molar-refractivity contribution < 1.29 is 27.8 Å². The lowest BCUT2D eigenvalue weighted by Gasteiger charge is -2.43. The molecule has 2 aliphatic carbocycles. The van der Waals surface area contributed by atoms with Crippen LogP contribution in [0.4, 0.5) is 0 Å². The number of hydrogen-bond donors (Lipinski definition) is 5. The van der Waals surface area contributed by atoms with Crippen LogP contribution in [0, 0.1) is 28.6 Å². The summed E-state index contributed by atoms with van der Waals surface area (Å²) >= 11 is 0. The second-order valence-electron chi connectivity index (χ2n) is 15.6. The summed E-state index contributed by atoms with van der Waals surface area (Å²) in [7, 11) is -3.54. The Hall–Kier alpha value is -1.43. The molecule has 6 N–H and O–H groups in total. The van der Waals surface area contributed by atoms with Crippen molar-refractivity contribution in [3.63, 3.8) is 0 Å². The molecule has 10 heteroatoms. The van der Waals surface area contributed by atoms with E-state index in [9.17, 15) is 18.5 Å². The number of fused-ring (bicyclic) bond motifs is 8. The maximum Gasteiger partial charge on any atom is 0.220 e. The maximum atomic E-state index is 12.5. The van der Waals surface area contributed by atoms with E-state index >= 15 is 0 Å².